The lowest BCUT2D eigenvalue weighted by atomic mass is 10.2. The Kier molecular flexibility index (Phi) is 4.06. The summed E-state index contributed by atoms with van der Waals surface area (Å²) < 4.78 is 0.981. The largest absolute Gasteiger partial charge is 0.399 e. The molecule has 5 heteroatoms. The molecule has 0 aliphatic rings. The van der Waals surface area contributed by atoms with E-state index in [0.29, 0.717) is 11.4 Å². The SMILES string of the molecule is Cc1cc(Br)ccc1NC(=O)Nc1ccc(N)cc1. The van der Waals surface area contributed by atoms with Gasteiger partial charge in [0.05, 0.1) is 0 Å². The molecule has 0 aromatic heterocycles. The van der Waals surface area contributed by atoms with Gasteiger partial charge >= 0.3 is 6.03 Å². The van der Waals surface area contributed by atoms with Crippen molar-refractivity contribution in [2.45, 2.75) is 6.92 Å². The van der Waals surface area contributed by atoms with E-state index in [2.05, 4.69) is 26.6 Å². The molecule has 4 nitrogen and oxygen atoms in total. The van der Waals surface area contributed by atoms with Crippen LogP contribution in [0.1, 0.15) is 5.56 Å². The van der Waals surface area contributed by atoms with Gasteiger partial charge < -0.3 is 16.4 Å². The summed E-state index contributed by atoms with van der Waals surface area (Å²) in [6.07, 6.45) is 0. The maximum absolute atomic E-state index is 11.8. The number of nitrogen functional groups attached to an aromatic ring is 1. The number of hydrogen-bond acceptors (Lipinski definition) is 2. The predicted octanol–water partition coefficient (Wildman–Crippen LogP) is 3.98. The average Bonchev–Trinajstić information content (AvgIpc) is 2.36. The van der Waals surface area contributed by atoms with Crippen molar-refractivity contribution in [3.05, 3.63) is 52.5 Å². The maximum atomic E-state index is 11.8. The van der Waals surface area contributed by atoms with Crippen molar-refractivity contribution in [1.82, 2.24) is 0 Å². The molecule has 19 heavy (non-hydrogen) atoms. The molecule has 98 valence electrons. The van der Waals surface area contributed by atoms with Gasteiger partial charge in [-0.2, -0.15) is 0 Å². The number of halogens is 1. The second-order valence-corrected chi connectivity index (χ2v) is 5.08. The van der Waals surface area contributed by atoms with Crippen molar-refractivity contribution in [2.24, 2.45) is 0 Å². The number of rotatable bonds is 2. The Hall–Kier alpha value is -2.01. The minimum atomic E-state index is -0.282. The van der Waals surface area contributed by atoms with Crippen LogP contribution >= 0.6 is 15.9 Å². The van der Waals surface area contributed by atoms with Crippen LogP contribution < -0.4 is 16.4 Å². The van der Waals surface area contributed by atoms with Gasteiger partial charge in [0, 0.05) is 21.5 Å². The lowest BCUT2D eigenvalue weighted by Crippen LogP contribution is -2.19. The summed E-state index contributed by atoms with van der Waals surface area (Å²) >= 11 is 3.38. The molecule has 0 unspecified atom stereocenters. The van der Waals surface area contributed by atoms with Gasteiger partial charge in [-0.15, -0.1) is 0 Å². The fourth-order valence-electron chi connectivity index (χ4n) is 1.62. The Morgan fingerprint density at radius 1 is 1.11 bits per heavy atom. The van der Waals surface area contributed by atoms with E-state index in [0.717, 1.165) is 15.7 Å². The second-order valence-electron chi connectivity index (χ2n) is 4.16. The summed E-state index contributed by atoms with van der Waals surface area (Å²) in [6.45, 7) is 1.93. The zero-order valence-electron chi connectivity index (χ0n) is 10.4. The van der Waals surface area contributed by atoms with Crippen LogP contribution in [0.25, 0.3) is 0 Å². The molecular formula is C14H14BrN3O. The summed E-state index contributed by atoms with van der Waals surface area (Å²) in [7, 11) is 0. The highest BCUT2D eigenvalue weighted by Gasteiger charge is 2.05. The normalized spacial score (nSPS) is 10.0. The van der Waals surface area contributed by atoms with Crippen LogP contribution in [0.15, 0.2) is 46.9 Å². The van der Waals surface area contributed by atoms with Gasteiger partial charge in [0.25, 0.3) is 0 Å². The van der Waals surface area contributed by atoms with E-state index in [1.165, 1.54) is 0 Å². The number of aryl methyl sites for hydroxylation is 1. The summed E-state index contributed by atoms with van der Waals surface area (Å²) in [5.74, 6) is 0. The fraction of sp³-hybridized carbons (Fsp3) is 0.0714. The third-order valence-corrected chi connectivity index (χ3v) is 3.10. The van der Waals surface area contributed by atoms with Crippen LogP contribution in [0.2, 0.25) is 0 Å². The minimum Gasteiger partial charge on any atom is -0.399 e. The van der Waals surface area contributed by atoms with E-state index in [-0.39, 0.29) is 6.03 Å². The van der Waals surface area contributed by atoms with Crippen molar-refractivity contribution in [3.8, 4) is 0 Å². The summed E-state index contributed by atoms with van der Waals surface area (Å²) in [6, 6.07) is 12.4. The Balaban J connectivity index is 2.03. The number of benzene rings is 2. The maximum Gasteiger partial charge on any atom is 0.323 e. The number of carbonyl (C=O) groups excluding carboxylic acids is 1. The molecule has 0 saturated heterocycles. The molecule has 2 aromatic rings. The Bertz CT molecular complexity index is 596. The second kappa shape index (κ2) is 5.75. The van der Waals surface area contributed by atoms with Crippen LogP contribution in [0.3, 0.4) is 0 Å². The Morgan fingerprint density at radius 2 is 1.79 bits per heavy atom. The van der Waals surface area contributed by atoms with E-state index < -0.39 is 0 Å². The molecule has 0 bridgehead atoms. The smallest absolute Gasteiger partial charge is 0.323 e. The molecule has 2 rings (SSSR count). The van der Waals surface area contributed by atoms with Gasteiger partial charge in [0.15, 0.2) is 0 Å². The van der Waals surface area contributed by atoms with Crippen molar-refractivity contribution < 1.29 is 4.79 Å². The summed E-state index contributed by atoms with van der Waals surface area (Å²) in [4.78, 5) is 11.8. The summed E-state index contributed by atoms with van der Waals surface area (Å²) in [5, 5.41) is 5.54. The first-order chi connectivity index (χ1) is 9.04. The molecular weight excluding hydrogens is 306 g/mol. The number of urea groups is 1. The highest BCUT2D eigenvalue weighted by molar-refractivity contribution is 9.10. The molecule has 2 aromatic carbocycles. The zero-order valence-corrected chi connectivity index (χ0v) is 12.0. The Labute approximate surface area is 120 Å². The van der Waals surface area contributed by atoms with E-state index in [1.54, 1.807) is 24.3 Å². The predicted molar refractivity (Wildman–Crippen MR) is 82.4 cm³/mol. The number of anilines is 3. The van der Waals surface area contributed by atoms with Gasteiger partial charge in [-0.3, -0.25) is 0 Å². The number of hydrogen-bond donors (Lipinski definition) is 3. The van der Waals surface area contributed by atoms with E-state index in [9.17, 15) is 4.79 Å². The van der Waals surface area contributed by atoms with Gasteiger partial charge in [-0.1, -0.05) is 15.9 Å². The average molecular weight is 320 g/mol. The number of carbonyl (C=O) groups is 1. The quantitative estimate of drug-likeness (QED) is 0.733. The summed E-state index contributed by atoms with van der Waals surface area (Å²) in [5.41, 5.74) is 8.70. The standard InChI is InChI=1S/C14H14BrN3O/c1-9-8-10(15)2-7-13(9)18-14(19)17-12-5-3-11(16)4-6-12/h2-8H,16H2,1H3,(H2,17,18,19). The highest BCUT2D eigenvalue weighted by Crippen LogP contribution is 2.20. The molecule has 0 fully saturated rings. The van der Waals surface area contributed by atoms with Gasteiger partial charge in [0.2, 0.25) is 0 Å². The molecule has 0 atom stereocenters. The van der Waals surface area contributed by atoms with Crippen molar-refractivity contribution in [2.75, 3.05) is 16.4 Å². The molecule has 2 amide bonds. The molecule has 0 heterocycles. The van der Waals surface area contributed by atoms with Gasteiger partial charge in [-0.05, 0) is 55.0 Å². The van der Waals surface area contributed by atoms with Gasteiger partial charge in [-0.25, -0.2) is 4.79 Å². The van der Waals surface area contributed by atoms with Crippen LogP contribution in [0.4, 0.5) is 21.9 Å². The van der Waals surface area contributed by atoms with E-state index >= 15 is 0 Å². The number of nitrogens with one attached hydrogen (secondary N) is 2. The number of amides is 2. The van der Waals surface area contributed by atoms with Crippen molar-refractivity contribution >= 4 is 39.0 Å². The fourth-order valence-corrected chi connectivity index (χ4v) is 2.09. The van der Waals surface area contributed by atoms with Crippen molar-refractivity contribution in [1.29, 1.82) is 0 Å². The van der Waals surface area contributed by atoms with Crippen LogP contribution in [0, 0.1) is 6.92 Å². The minimum absolute atomic E-state index is 0.282. The van der Waals surface area contributed by atoms with Crippen molar-refractivity contribution in [3.63, 3.8) is 0 Å². The third-order valence-electron chi connectivity index (χ3n) is 2.61. The monoisotopic (exact) mass is 319 g/mol. The topological polar surface area (TPSA) is 67.2 Å². The van der Waals surface area contributed by atoms with E-state index in [4.69, 9.17) is 5.73 Å². The highest BCUT2D eigenvalue weighted by atomic mass is 79.9. The van der Waals surface area contributed by atoms with E-state index in [1.807, 2.05) is 25.1 Å². The third kappa shape index (κ3) is 3.72. The molecule has 0 spiro atoms. The molecule has 4 N–H and O–H groups in total. The molecule has 0 aliphatic heterocycles. The molecule has 0 radical (unpaired) electrons. The first-order valence-electron chi connectivity index (χ1n) is 5.74. The first-order valence-corrected chi connectivity index (χ1v) is 6.53. The van der Waals surface area contributed by atoms with Crippen LogP contribution in [-0.4, -0.2) is 6.03 Å². The van der Waals surface area contributed by atoms with Gasteiger partial charge in [0.1, 0.15) is 0 Å². The zero-order chi connectivity index (χ0) is 13.8. The molecule has 0 aliphatic carbocycles. The van der Waals surface area contributed by atoms with Crippen LogP contribution in [0.5, 0.6) is 0 Å². The number of nitrogens with two attached hydrogens (primary N) is 1. The first kappa shape index (κ1) is 13.4. The lowest BCUT2D eigenvalue weighted by Gasteiger charge is -2.10. The Morgan fingerprint density at radius 3 is 2.42 bits per heavy atom. The molecule has 0 saturated carbocycles. The lowest BCUT2D eigenvalue weighted by molar-refractivity contribution is 0.262. The van der Waals surface area contributed by atoms with Crippen LogP contribution in [-0.2, 0) is 0 Å².